The summed E-state index contributed by atoms with van der Waals surface area (Å²) in [7, 11) is 11.8. The van der Waals surface area contributed by atoms with Crippen molar-refractivity contribution in [3.05, 3.63) is 321 Å². The Balaban J connectivity index is 0.000000156. The number of anilines is 2. The first-order valence-electron chi connectivity index (χ1n) is 40.2. The lowest BCUT2D eigenvalue weighted by atomic mass is 10.0. The van der Waals surface area contributed by atoms with Gasteiger partial charge in [0.15, 0.2) is 11.5 Å². The number of hydrogen-bond acceptors (Lipinski definition) is 17. The molecule has 0 saturated carbocycles. The van der Waals surface area contributed by atoms with Crippen LogP contribution in [0.25, 0.3) is 102 Å². The Morgan fingerprint density at radius 3 is 1.22 bits per heavy atom. The quantitative estimate of drug-likeness (QED) is 0.0212. The number of aromatic nitrogens is 6. The number of aromatic hydroxyl groups is 1. The molecule has 4 N–H and O–H groups in total. The van der Waals surface area contributed by atoms with Crippen molar-refractivity contribution in [1.29, 1.82) is 0 Å². The number of imidazole rings is 3. The number of para-hydroxylation sites is 4. The number of phenolic OH excluding ortho intramolecular Hbond substituents is 1. The van der Waals surface area contributed by atoms with Crippen LogP contribution in [0.1, 0.15) is 18.1 Å². The molecule has 23 heteroatoms. The molecule has 0 saturated heterocycles. The zero-order valence-corrected chi connectivity index (χ0v) is 72.2. The van der Waals surface area contributed by atoms with Crippen molar-refractivity contribution in [2.24, 2.45) is 7.05 Å². The van der Waals surface area contributed by atoms with E-state index < -0.39 is 13.6 Å². The van der Waals surface area contributed by atoms with E-state index in [9.17, 15) is 24.3 Å². The van der Waals surface area contributed by atoms with Crippen molar-refractivity contribution < 1.29 is 66.9 Å². The molecule has 0 atom stereocenters. The summed E-state index contributed by atoms with van der Waals surface area (Å²) < 4.78 is 67.5. The average molecular weight is 1690 g/mol. The van der Waals surface area contributed by atoms with Gasteiger partial charge in [-0.2, -0.15) is 0 Å². The number of ether oxygens (including phenoxy) is 9. The number of nitrogens with one attached hydrogen (secondary N) is 1. The van der Waals surface area contributed by atoms with E-state index in [1.54, 1.807) is 33.5 Å². The van der Waals surface area contributed by atoms with Gasteiger partial charge in [-0.15, -0.1) is 0 Å². The second-order valence-electron chi connectivity index (χ2n) is 29.7. The Kier molecular flexibility index (Phi) is 27.1. The Hall–Kier alpha value is -15.1. The number of aromatic amines is 1. The van der Waals surface area contributed by atoms with Crippen LogP contribution in [-0.2, 0) is 23.0 Å². The van der Waals surface area contributed by atoms with Gasteiger partial charge < -0.3 is 81.4 Å². The Morgan fingerprint density at radius 2 is 0.784 bits per heavy atom. The molecule has 0 fully saturated rings. The van der Waals surface area contributed by atoms with Crippen molar-refractivity contribution in [1.82, 2.24) is 29.1 Å². The highest BCUT2D eigenvalue weighted by molar-refractivity contribution is 7.51. The number of carbonyl (C=O) groups is 1. The summed E-state index contributed by atoms with van der Waals surface area (Å²) in [6.07, 6.45) is -0.346. The molecule has 22 nitrogen and oxygen atoms in total. The third kappa shape index (κ3) is 21.1. The lowest BCUT2D eigenvalue weighted by Crippen LogP contribution is -2.09. The molecule has 13 aromatic carbocycles. The van der Waals surface area contributed by atoms with Crippen LogP contribution >= 0.6 is 7.60 Å². The predicted molar refractivity (Wildman–Crippen MR) is 493 cm³/mol. The highest BCUT2D eigenvalue weighted by Gasteiger charge is 2.28. The van der Waals surface area contributed by atoms with E-state index in [2.05, 4.69) is 4.98 Å². The Morgan fingerprint density at radius 1 is 0.400 bits per heavy atom. The zero-order valence-electron chi connectivity index (χ0n) is 71.3. The molecule has 0 aliphatic carbocycles. The molecule has 125 heavy (non-hydrogen) atoms. The third-order valence-corrected chi connectivity index (χ3v) is 21.3. The van der Waals surface area contributed by atoms with Crippen LogP contribution in [0.4, 0.5) is 11.4 Å². The second kappa shape index (κ2) is 39.2. The first-order valence-corrected chi connectivity index (χ1v) is 42.0. The summed E-state index contributed by atoms with van der Waals surface area (Å²) in [4.78, 5) is 54.3. The molecule has 0 unspecified atom stereocenters. The Bertz CT molecular complexity index is 6220. The number of esters is 1. The van der Waals surface area contributed by atoms with E-state index in [0.29, 0.717) is 57.5 Å². The van der Waals surface area contributed by atoms with Crippen molar-refractivity contribution >= 4 is 24.9 Å². The number of rotatable bonds is 27. The minimum Gasteiger partial charge on any atom is -0.504 e. The van der Waals surface area contributed by atoms with E-state index in [-0.39, 0.29) is 18.5 Å². The van der Waals surface area contributed by atoms with Crippen molar-refractivity contribution in [3.8, 4) is 182 Å². The molecule has 632 valence electrons. The van der Waals surface area contributed by atoms with E-state index in [1.807, 2.05) is 365 Å². The molecule has 3 aromatic heterocycles. The van der Waals surface area contributed by atoms with Crippen LogP contribution in [0.15, 0.2) is 309 Å². The lowest BCUT2D eigenvalue weighted by molar-refractivity contribution is -0.132. The van der Waals surface area contributed by atoms with E-state index in [1.165, 1.54) is 14.0 Å². The molecule has 0 spiro atoms. The summed E-state index contributed by atoms with van der Waals surface area (Å²) in [5.41, 5.74) is 15.9. The molecule has 16 aromatic rings. The highest BCUT2D eigenvalue weighted by atomic mass is 31.2. The standard InChI is InChI=1S/C45H32N2O4.C31H37N4O5P.C26H26N2O5/c1-5-13-35(14-6-1)48-39-25-21-32(22-26-39)43-44(33-23-27-40(28-24-33)49-36-15-7-2-8-16-36)47-45(46-43)34-29-41(50-37-17-9-3-10-18-37)31-42(30-34)51-38-19-11-4-12-20-38;1-20-18-25(19-21(2)30(20)40-22(3)36)31-32-28(23-8-12-26(13-9-23)33(4)5)29(35(31)16-17-41(37,38)39)24-10-14-27(15-11-24)34(6)7;1-28-24(17-8-12-19(31-3)13-9-17)23(16-6-10-18(30-2)11-7-16)27-26(28)21-14-20(32-4)15-22(33-5)25(21)29/h1-31H,(H,46,47);8-15,18-19H,16-17H2,1-7H3,(H2,37,38,39);6-15,29H,1-5H3. The van der Waals surface area contributed by atoms with Crippen LogP contribution in [0.3, 0.4) is 0 Å². The van der Waals surface area contributed by atoms with E-state index >= 15 is 0 Å². The number of H-pyrrole nitrogens is 1. The molecule has 3 heterocycles. The van der Waals surface area contributed by atoms with Gasteiger partial charge in [-0.1, -0.05) is 97.1 Å². The van der Waals surface area contributed by atoms with Crippen LogP contribution in [0, 0.1) is 13.8 Å². The number of carbonyl (C=O) groups excluding carboxylic acids is 1. The smallest absolute Gasteiger partial charge is 0.327 e. The molecule has 0 aliphatic heterocycles. The average Bonchev–Trinajstić information content (AvgIpc) is 1.62. The maximum Gasteiger partial charge on any atom is 0.327 e. The molecular weight excluding hydrogens is 1590 g/mol. The number of phenols is 1. The fraction of sp³-hybridized carbons (Fsp3) is 0.137. The normalized spacial score (nSPS) is 11.0. The van der Waals surface area contributed by atoms with Crippen molar-refractivity contribution in [2.75, 3.05) is 72.6 Å². The maximum atomic E-state index is 12.1. The number of aryl methyl sites for hydroxylation is 2. The number of methoxy groups -OCH3 is 4. The van der Waals surface area contributed by atoms with Gasteiger partial charge in [0.1, 0.15) is 86.5 Å². The van der Waals surface area contributed by atoms with Crippen molar-refractivity contribution in [2.45, 2.75) is 27.3 Å². The minimum atomic E-state index is -4.32. The lowest BCUT2D eigenvalue weighted by Gasteiger charge is -2.17. The number of hydrogen-bond donors (Lipinski definition) is 4. The first-order chi connectivity index (χ1) is 60.5. The van der Waals surface area contributed by atoms with Gasteiger partial charge in [0, 0.05) is 117 Å². The zero-order chi connectivity index (χ0) is 87.8. The monoisotopic (exact) mass is 1690 g/mol. The molecule has 0 aliphatic rings. The van der Waals surface area contributed by atoms with Gasteiger partial charge in [0.2, 0.25) is 0 Å². The third-order valence-electron chi connectivity index (χ3n) is 20.5. The highest BCUT2D eigenvalue weighted by Crippen LogP contribution is 2.47. The molecule has 0 radical (unpaired) electrons. The molecule has 0 amide bonds. The van der Waals surface area contributed by atoms with Gasteiger partial charge >= 0.3 is 13.6 Å². The van der Waals surface area contributed by atoms with Gasteiger partial charge in [0.05, 0.1) is 74.3 Å². The first kappa shape index (κ1) is 86.3. The van der Waals surface area contributed by atoms with Gasteiger partial charge in [-0.3, -0.25) is 9.36 Å². The van der Waals surface area contributed by atoms with Crippen LogP contribution in [0.5, 0.6) is 80.5 Å². The van der Waals surface area contributed by atoms with Crippen LogP contribution < -0.4 is 52.4 Å². The summed E-state index contributed by atoms with van der Waals surface area (Å²) in [5.74, 6) is 9.97. The van der Waals surface area contributed by atoms with Gasteiger partial charge in [-0.05, 0) is 225 Å². The SMILES string of the molecule is CC(=O)Oc1c(C)cc(-c2nc(-c3ccc(N(C)C)cc3)c(-c3ccc(N(C)C)cc3)n2CCP(=O)(O)O)cc1C.COc1ccc(-c2nc(-c3cc(OC)cc(OC)c3O)n(C)c2-c2ccc(OC)cc2)cc1.c1ccc(Oc2ccc(-c3nc(-c4cc(Oc5ccccc5)cc(Oc5ccccc5)c4)[nH]c3-c3ccc(Oc4ccccc4)cc3)cc2)cc1. The minimum absolute atomic E-state index is 0.00559. The summed E-state index contributed by atoms with van der Waals surface area (Å²) >= 11 is 0. The summed E-state index contributed by atoms with van der Waals surface area (Å²) in [6.45, 7) is 5.14. The topological polar surface area (TPSA) is 249 Å². The van der Waals surface area contributed by atoms with Gasteiger partial charge in [0.25, 0.3) is 0 Å². The van der Waals surface area contributed by atoms with Gasteiger partial charge in [-0.25, -0.2) is 15.0 Å². The fourth-order valence-electron chi connectivity index (χ4n) is 14.3. The Labute approximate surface area is 726 Å². The predicted octanol–water partition coefficient (Wildman–Crippen LogP) is 23.5. The van der Waals surface area contributed by atoms with Crippen LogP contribution in [-0.4, -0.2) is 113 Å². The van der Waals surface area contributed by atoms with E-state index in [0.717, 1.165) is 141 Å². The fourth-order valence-corrected chi connectivity index (χ4v) is 14.7. The summed E-state index contributed by atoms with van der Waals surface area (Å²) in [6, 6.07) is 99.3. The molecule has 16 rings (SSSR count). The van der Waals surface area contributed by atoms with E-state index in [4.69, 9.17) is 57.6 Å². The number of nitrogens with zero attached hydrogens (tertiary/aromatic N) is 7. The largest absolute Gasteiger partial charge is 0.504 e. The van der Waals surface area contributed by atoms with Crippen molar-refractivity contribution in [3.63, 3.8) is 0 Å². The maximum absolute atomic E-state index is 12.1. The molecule has 0 bridgehead atoms. The second-order valence-corrected chi connectivity index (χ2v) is 31.5. The van der Waals surface area contributed by atoms with Crippen LogP contribution in [0.2, 0.25) is 0 Å². The molecular formula is C102H95N8O14P. The number of benzene rings is 13. The summed E-state index contributed by atoms with van der Waals surface area (Å²) in [5, 5.41) is 10.9.